The number of halogens is 27. The van der Waals surface area contributed by atoms with Crippen molar-refractivity contribution in [2.24, 2.45) is 0 Å². The summed E-state index contributed by atoms with van der Waals surface area (Å²) in [6, 6.07) is 0. The van der Waals surface area contributed by atoms with E-state index in [-0.39, 0.29) is 0 Å². The minimum Gasteiger partial charge on any atom is -0.192 e. The van der Waals surface area contributed by atoms with Gasteiger partial charge in [-0.1, -0.05) is 0 Å². The van der Waals surface area contributed by atoms with Crippen LogP contribution in [0.25, 0.3) is 0 Å². The van der Waals surface area contributed by atoms with E-state index in [4.69, 9.17) is 0 Å². The van der Waals surface area contributed by atoms with Crippen LogP contribution in [0.2, 0.25) is 0 Å². The van der Waals surface area contributed by atoms with Gasteiger partial charge in [0.2, 0.25) is 0 Å². The van der Waals surface area contributed by atoms with Gasteiger partial charge in [-0.2, -0.15) is 124 Å². The van der Waals surface area contributed by atoms with Crippen molar-refractivity contribution in [3.8, 4) is 0 Å². The molecule has 247 valence electrons. The molecule has 0 N–H and O–H groups in total. The van der Waals surface area contributed by atoms with E-state index in [0.29, 0.717) is 0 Å². The topological polar surface area (TPSA) is 19.9 Å². The molecular formula is C13F27O. The first-order valence-corrected chi connectivity index (χ1v) is 8.31. The summed E-state index contributed by atoms with van der Waals surface area (Å²) in [5.41, 5.74) is 0. The summed E-state index contributed by atoms with van der Waals surface area (Å²) in [6.45, 7) is 0. The third-order valence-electron chi connectivity index (χ3n) is 4.66. The van der Waals surface area contributed by atoms with Gasteiger partial charge in [0, 0.05) is 0 Å². The SMILES string of the molecule is [O]C(F)(F)C(F)(F)C(F)(F)C(F)(F)C(F)(F)C(F)(F)C(F)(F)C(F)(F)C(F)(F)C(F)(F)C(F)(F)C(F)(F)C(F)(F)F. The van der Waals surface area contributed by atoms with E-state index in [1.54, 1.807) is 0 Å². The van der Waals surface area contributed by atoms with Crippen molar-refractivity contribution in [2.45, 2.75) is 77.4 Å². The molecule has 0 bridgehead atoms. The highest BCUT2D eigenvalue weighted by molar-refractivity contribution is 5.20. The molecule has 0 atom stereocenters. The van der Waals surface area contributed by atoms with Crippen molar-refractivity contribution < 1.29 is 124 Å². The summed E-state index contributed by atoms with van der Waals surface area (Å²) in [5.74, 6) is -103. The molecule has 41 heavy (non-hydrogen) atoms. The van der Waals surface area contributed by atoms with Crippen molar-refractivity contribution in [2.75, 3.05) is 0 Å². The fourth-order valence-electron chi connectivity index (χ4n) is 2.14. The molecule has 0 aromatic carbocycles. The van der Waals surface area contributed by atoms with Crippen LogP contribution in [-0.2, 0) is 5.11 Å². The number of rotatable bonds is 11. The van der Waals surface area contributed by atoms with Crippen LogP contribution in [0.1, 0.15) is 0 Å². The summed E-state index contributed by atoms with van der Waals surface area (Å²) < 4.78 is 349. The van der Waals surface area contributed by atoms with Gasteiger partial charge < -0.3 is 0 Å². The van der Waals surface area contributed by atoms with Crippen molar-refractivity contribution >= 4 is 0 Å². The number of hydrogen-bond donors (Lipinski definition) is 0. The fourth-order valence-corrected chi connectivity index (χ4v) is 2.14. The minimum absolute atomic E-state index is 8.00. The van der Waals surface area contributed by atoms with Crippen LogP contribution in [0.5, 0.6) is 0 Å². The molecule has 0 aromatic rings. The first-order valence-electron chi connectivity index (χ1n) is 8.31. The van der Waals surface area contributed by atoms with Gasteiger partial charge in [-0.15, -0.1) is 0 Å². The lowest BCUT2D eigenvalue weighted by Gasteiger charge is -2.45. The van der Waals surface area contributed by atoms with E-state index in [1.807, 2.05) is 0 Å². The van der Waals surface area contributed by atoms with Gasteiger partial charge in [-0.05, 0) is 0 Å². The number of alkyl halides is 27. The van der Waals surface area contributed by atoms with E-state index in [0.717, 1.165) is 0 Å². The number of hydrogen-bond acceptors (Lipinski definition) is 0. The quantitative estimate of drug-likeness (QED) is 0.195. The lowest BCUT2D eigenvalue weighted by Crippen LogP contribution is -2.78. The molecule has 28 heteroatoms. The lowest BCUT2D eigenvalue weighted by molar-refractivity contribution is -0.492. The van der Waals surface area contributed by atoms with Crippen LogP contribution in [0.15, 0.2) is 0 Å². The van der Waals surface area contributed by atoms with Gasteiger partial charge in [0.1, 0.15) is 0 Å². The molecule has 0 rings (SSSR count). The average Bonchev–Trinajstić information content (AvgIpc) is 2.70. The summed E-state index contributed by atoms with van der Waals surface area (Å²) in [7, 11) is 0. The third-order valence-corrected chi connectivity index (χ3v) is 4.66. The second-order valence-corrected chi connectivity index (χ2v) is 7.33. The molecule has 0 aliphatic carbocycles. The highest BCUT2D eigenvalue weighted by Crippen LogP contribution is 2.68. The Balaban J connectivity index is 7.41. The van der Waals surface area contributed by atoms with Crippen LogP contribution < -0.4 is 0 Å². The van der Waals surface area contributed by atoms with E-state index < -0.39 is 77.4 Å². The van der Waals surface area contributed by atoms with Gasteiger partial charge in [0.05, 0.1) is 0 Å². The molecule has 0 saturated carbocycles. The van der Waals surface area contributed by atoms with Crippen molar-refractivity contribution in [3.63, 3.8) is 0 Å². The van der Waals surface area contributed by atoms with Crippen LogP contribution in [0, 0.1) is 0 Å². The zero-order valence-electron chi connectivity index (χ0n) is 17.1. The smallest absolute Gasteiger partial charge is 0.192 e. The molecule has 0 heterocycles. The molecule has 0 amide bonds. The van der Waals surface area contributed by atoms with E-state index in [2.05, 4.69) is 0 Å². The van der Waals surface area contributed by atoms with Gasteiger partial charge >= 0.3 is 77.4 Å². The van der Waals surface area contributed by atoms with Crippen LogP contribution >= 0.6 is 0 Å². The van der Waals surface area contributed by atoms with Crippen LogP contribution in [0.4, 0.5) is 119 Å². The normalized spacial score (nSPS) is 17.3. The predicted molar refractivity (Wildman–Crippen MR) is 66.1 cm³/mol. The fraction of sp³-hybridized carbons (Fsp3) is 1.00. The third kappa shape index (κ3) is 4.40. The Bertz CT molecular complexity index is 885. The van der Waals surface area contributed by atoms with Gasteiger partial charge in [-0.3, -0.25) is 0 Å². The van der Waals surface area contributed by atoms with Crippen molar-refractivity contribution in [3.05, 3.63) is 0 Å². The molecule has 0 aromatic heterocycles. The molecule has 0 aliphatic heterocycles. The van der Waals surface area contributed by atoms with E-state index in [9.17, 15) is 124 Å². The molecule has 0 unspecified atom stereocenters. The Morgan fingerprint density at radius 1 is 0.195 bits per heavy atom. The Hall–Kier alpha value is -1.93. The van der Waals surface area contributed by atoms with Crippen LogP contribution in [0.3, 0.4) is 0 Å². The Kier molecular flexibility index (Phi) is 8.62. The standard InChI is InChI=1S/C13F27O/c14-1(15,2(16,17)4(20,21)6(24,25)8(28,29)10(32,33)12(36,37)38)3(18,19)5(22,23)7(26,27)9(30,31)11(34,35)13(39,40)41. The summed E-state index contributed by atoms with van der Waals surface area (Å²) in [6.07, 6.45) is -16.2. The van der Waals surface area contributed by atoms with Crippen LogP contribution in [-0.4, -0.2) is 77.4 Å². The molecule has 0 spiro atoms. The Morgan fingerprint density at radius 2 is 0.317 bits per heavy atom. The van der Waals surface area contributed by atoms with Gasteiger partial charge in [0.15, 0.2) is 0 Å². The van der Waals surface area contributed by atoms with Crippen molar-refractivity contribution in [1.82, 2.24) is 0 Å². The van der Waals surface area contributed by atoms with E-state index >= 15 is 0 Å². The molecule has 1 nitrogen and oxygen atoms in total. The van der Waals surface area contributed by atoms with Crippen molar-refractivity contribution in [1.29, 1.82) is 0 Å². The predicted octanol–water partition coefficient (Wildman–Crippen LogP) is 8.56. The lowest BCUT2D eigenvalue weighted by atomic mass is 9.84. The molecule has 0 aliphatic rings. The highest BCUT2D eigenvalue weighted by atomic mass is 19.4. The Morgan fingerprint density at radius 3 is 0.439 bits per heavy atom. The highest BCUT2D eigenvalue weighted by Gasteiger charge is 3.00. The maximum Gasteiger partial charge on any atom is 0.460 e. The molecule has 1 radical (unpaired) electrons. The molecular weight excluding hydrogens is 685 g/mol. The molecule has 0 saturated heterocycles. The summed E-state index contributed by atoms with van der Waals surface area (Å²) >= 11 is 0. The maximum absolute atomic E-state index is 13.4. The maximum atomic E-state index is 13.4. The van der Waals surface area contributed by atoms with Gasteiger partial charge in [0.25, 0.3) is 0 Å². The second kappa shape index (κ2) is 9.04. The zero-order valence-corrected chi connectivity index (χ0v) is 17.1. The minimum atomic E-state index is -9.81. The summed E-state index contributed by atoms with van der Waals surface area (Å²) in [5, 5.41) is 9.65. The van der Waals surface area contributed by atoms with E-state index in [1.165, 1.54) is 0 Å². The zero-order chi connectivity index (χ0) is 34.5. The largest absolute Gasteiger partial charge is 0.460 e. The summed E-state index contributed by atoms with van der Waals surface area (Å²) in [4.78, 5) is 0. The average molecular weight is 685 g/mol. The monoisotopic (exact) mass is 685 g/mol. The Labute approximate surface area is 202 Å². The first kappa shape index (κ1) is 39.1. The van der Waals surface area contributed by atoms with Gasteiger partial charge in [-0.25, -0.2) is 0 Å². The second-order valence-electron chi connectivity index (χ2n) is 7.33. The molecule has 0 fully saturated rings. The first-order chi connectivity index (χ1) is 17.0.